The quantitative estimate of drug-likeness (QED) is 0.825. The van der Waals surface area contributed by atoms with Crippen LogP contribution in [0.4, 0.5) is 0 Å². The van der Waals surface area contributed by atoms with E-state index in [-0.39, 0.29) is 5.91 Å². The van der Waals surface area contributed by atoms with Gasteiger partial charge in [0.25, 0.3) is 0 Å². The van der Waals surface area contributed by atoms with Gasteiger partial charge in [-0.05, 0) is 41.5 Å². The van der Waals surface area contributed by atoms with Crippen molar-refractivity contribution in [3.8, 4) is 0 Å². The third kappa shape index (κ3) is 4.29. The summed E-state index contributed by atoms with van der Waals surface area (Å²) in [5, 5.41) is 16.1. The number of tetrazole rings is 1. The van der Waals surface area contributed by atoms with Gasteiger partial charge in [-0.2, -0.15) is 0 Å². The Hall–Kier alpha value is -1.11. The minimum absolute atomic E-state index is 0.101. The monoisotopic (exact) mass is 351 g/mol. The fourth-order valence-electron chi connectivity index (χ4n) is 4.00. The predicted molar refractivity (Wildman–Crippen MR) is 94.8 cm³/mol. The molecule has 0 radical (unpaired) electrons. The zero-order chi connectivity index (χ0) is 16.9. The van der Waals surface area contributed by atoms with Crippen molar-refractivity contribution in [1.29, 1.82) is 0 Å². The van der Waals surface area contributed by atoms with Crippen LogP contribution < -0.4 is 5.32 Å². The number of hydrogen-bond acceptors (Lipinski definition) is 5. The normalized spacial score (nSPS) is 28.7. The average Bonchev–Trinajstić information content (AvgIpc) is 3.06. The van der Waals surface area contributed by atoms with Gasteiger partial charge in [0.1, 0.15) is 0 Å². The SMILES string of the molecule is CC1CCCC(NC(=O)CSc2nnnn2C2CCCCC2)C1C. The largest absolute Gasteiger partial charge is 0.352 e. The molecule has 0 saturated heterocycles. The first kappa shape index (κ1) is 17.7. The molecule has 6 nitrogen and oxygen atoms in total. The molecule has 0 aromatic carbocycles. The number of aromatic nitrogens is 4. The molecule has 1 N–H and O–H groups in total. The maximum Gasteiger partial charge on any atom is 0.230 e. The van der Waals surface area contributed by atoms with E-state index in [2.05, 4.69) is 34.7 Å². The maximum absolute atomic E-state index is 12.3. The van der Waals surface area contributed by atoms with Crippen molar-refractivity contribution < 1.29 is 4.79 Å². The number of thioether (sulfide) groups is 1. The van der Waals surface area contributed by atoms with Crippen LogP contribution in [0.5, 0.6) is 0 Å². The highest BCUT2D eigenvalue weighted by Crippen LogP contribution is 2.31. The summed E-state index contributed by atoms with van der Waals surface area (Å²) in [6, 6.07) is 0.717. The highest BCUT2D eigenvalue weighted by molar-refractivity contribution is 7.99. The summed E-state index contributed by atoms with van der Waals surface area (Å²) in [6.07, 6.45) is 9.66. The van der Waals surface area contributed by atoms with E-state index < -0.39 is 0 Å². The zero-order valence-electron chi connectivity index (χ0n) is 14.8. The molecule has 3 atom stereocenters. The lowest BCUT2D eigenvalue weighted by Gasteiger charge is -2.34. The Morgan fingerprint density at radius 2 is 1.96 bits per heavy atom. The van der Waals surface area contributed by atoms with Gasteiger partial charge in [0.2, 0.25) is 11.1 Å². The number of nitrogens with zero attached hydrogens (tertiary/aromatic N) is 4. The van der Waals surface area contributed by atoms with Gasteiger partial charge in [-0.3, -0.25) is 4.79 Å². The molecule has 3 unspecified atom stereocenters. The van der Waals surface area contributed by atoms with Gasteiger partial charge >= 0.3 is 0 Å². The molecule has 2 fully saturated rings. The highest BCUT2D eigenvalue weighted by atomic mass is 32.2. The Kier molecular flexibility index (Phi) is 6.14. The molecule has 2 saturated carbocycles. The number of hydrogen-bond donors (Lipinski definition) is 1. The lowest BCUT2D eigenvalue weighted by Crippen LogP contribution is -2.44. The summed E-state index contributed by atoms with van der Waals surface area (Å²) in [4.78, 5) is 12.3. The first-order chi connectivity index (χ1) is 11.6. The maximum atomic E-state index is 12.3. The molecule has 3 rings (SSSR count). The van der Waals surface area contributed by atoms with Crippen LogP contribution in [0.3, 0.4) is 0 Å². The molecule has 7 heteroatoms. The molecule has 1 aromatic rings. The van der Waals surface area contributed by atoms with Crippen LogP contribution in [0.2, 0.25) is 0 Å². The Morgan fingerprint density at radius 3 is 2.75 bits per heavy atom. The minimum Gasteiger partial charge on any atom is -0.352 e. The second-order valence-corrected chi connectivity index (χ2v) is 8.37. The topological polar surface area (TPSA) is 72.7 Å². The summed E-state index contributed by atoms with van der Waals surface area (Å²) in [5.41, 5.74) is 0. The Bertz CT molecular complexity index is 543. The molecule has 134 valence electrons. The number of rotatable bonds is 5. The molecular weight excluding hydrogens is 322 g/mol. The van der Waals surface area contributed by atoms with Gasteiger partial charge < -0.3 is 5.32 Å². The second-order valence-electron chi connectivity index (χ2n) is 7.43. The van der Waals surface area contributed by atoms with E-state index in [9.17, 15) is 4.79 Å². The highest BCUT2D eigenvalue weighted by Gasteiger charge is 2.28. The van der Waals surface area contributed by atoms with Gasteiger partial charge in [-0.1, -0.05) is 57.7 Å². The van der Waals surface area contributed by atoms with E-state index in [1.165, 1.54) is 43.9 Å². The van der Waals surface area contributed by atoms with Crippen molar-refractivity contribution in [3.05, 3.63) is 0 Å². The summed E-state index contributed by atoms with van der Waals surface area (Å²) in [5.74, 6) is 1.74. The first-order valence-electron chi connectivity index (χ1n) is 9.35. The molecular formula is C17H29N5OS. The van der Waals surface area contributed by atoms with Gasteiger partial charge in [0, 0.05) is 6.04 Å². The van der Waals surface area contributed by atoms with Gasteiger partial charge in [-0.15, -0.1) is 5.10 Å². The van der Waals surface area contributed by atoms with Crippen molar-refractivity contribution in [3.63, 3.8) is 0 Å². The van der Waals surface area contributed by atoms with Gasteiger partial charge in [0.15, 0.2) is 0 Å². The molecule has 2 aliphatic rings. The summed E-state index contributed by atoms with van der Waals surface area (Å²) >= 11 is 1.46. The number of carbonyl (C=O) groups excluding carboxylic acids is 1. The van der Waals surface area contributed by atoms with Crippen LogP contribution in [-0.4, -0.2) is 37.9 Å². The third-order valence-corrected chi connectivity index (χ3v) is 6.70. The number of amides is 1. The van der Waals surface area contributed by atoms with E-state index in [4.69, 9.17) is 0 Å². The summed E-state index contributed by atoms with van der Waals surface area (Å²) < 4.78 is 1.93. The standard InChI is InChI=1S/C17H29N5OS/c1-12-7-6-10-15(13(12)2)18-16(23)11-24-17-19-20-21-22(17)14-8-4-3-5-9-14/h12-15H,3-11H2,1-2H3,(H,18,23). The zero-order valence-corrected chi connectivity index (χ0v) is 15.6. The Morgan fingerprint density at radius 1 is 1.17 bits per heavy atom. The van der Waals surface area contributed by atoms with Crippen LogP contribution in [0.15, 0.2) is 5.16 Å². The third-order valence-electron chi connectivity index (χ3n) is 5.77. The van der Waals surface area contributed by atoms with E-state index in [1.54, 1.807) is 0 Å². The Balaban J connectivity index is 1.50. The van der Waals surface area contributed by atoms with Crippen LogP contribution >= 0.6 is 11.8 Å². The molecule has 1 aromatic heterocycles. The summed E-state index contributed by atoms with van der Waals surface area (Å²) in [7, 11) is 0. The van der Waals surface area contributed by atoms with Crippen molar-refractivity contribution in [2.45, 2.75) is 82.5 Å². The van der Waals surface area contributed by atoms with Crippen LogP contribution in [0, 0.1) is 11.8 Å². The molecule has 0 spiro atoms. The smallest absolute Gasteiger partial charge is 0.230 e. The molecule has 0 bridgehead atoms. The number of nitrogens with one attached hydrogen (secondary N) is 1. The minimum atomic E-state index is 0.101. The fraction of sp³-hybridized carbons (Fsp3) is 0.882. The lowest BCUT2D eigenvalue weighted by atomic mass is 9.78. The van der Waals surface area contributed by atoms with Gasteiger partial charge in [0.05, 0.1) is 11.8 Å². The van der Waals surface area contributed by atoms with E-state index >= 15 is 0 Å². The molecule has 2 aliphatic carbocycles. The molecule has 24 heavy (non-hydrogen) atoms. The number of carbonyl (C=O) groups is 1. The molecule has 0 aliphatic heterocycles. The Labute approximate surface area is 148 Å². The first-order valence-corrected chi connectivity index (χ1v) is 10.3. The van der Waals surface area contributed by atoms with Crippen LogP contribution in [0.1, 0.15) is 71.3 Å². The fourth-order valence-corrected chi connectivity index (χ4v) is 4.76. The van der Waals surface area contributed by atoms with Gasteiger partial charge in [-0.25, -0.2) is 4.68 Å². The van der Waals surface area contributed by atoms with E-state index in [0.717, 1.165) is 24.4 Å². The van der Waals surface area contributed by atoms with Crippen LogP contribution in [-0.2, 0) is 4.79 Å². The van der Waals surface area contributed by atoms with Crippen molar-refractivity contribution in [1.82, 2.24) is 25.5 Å². The van der Waals surface area contributed by atoms with Crippen LogP contribution in [0.25, 0.3) is 0 Å². The van der Waals surface area contributed by atoms with Crippen molar-refractivity contribution in [2.75, 3.05) is 5.75 Å². The van der Waals surface area contributed by atoms with E-state index in [0.29, 0.717) is 29.7 Å². The summed E-state index contributed by atoms with van der Waals surface area (Å²) in [6.45, 7) is 4.54. The lowest BCUT2D eigenvalue weighted by molar-refractivity contribution is -0.120. The van der Waals surface area contributed by atoms with Crippen molar-refractivity contribution in [2.24, 2.45) is 11.8 Å². The van der Waals surface area contributed by atoms with Crippen molar-refractivity contribution >= 4 is 17.7 Å². The van der Waals surface area contributed by atoms with E-state index in [1.807, 2.05) is 4.68 Å². The average molecular weight is 352 g/mol. The predicted octanol–water partition coefficient (Wildman–Crippen LogP) is 3.21. The second kappa shape index (κ2) is 8.32. The molecule has 1 heterocycles. The molecule has 1 amide bonds.